The summed E-state index contributed by atoms with van der Waals surface area (Å²) in [5, 5.41) is 0. The molecule has 0 saturated heterocycles. The van der Waals surface area contributed by atoms with Crippen molar-refractivity contribution in [3.63, 3.8) is 0 Å². The first-order valence-electron chi connectivity index (χ1n) is 5.04. The minimum Gasteiger partial charge on any atom is -0.329 e. The van der Waals surface area contributed by atoms with Gasteiger partial charge in [0.15, 0.2) is 5.78 Å². The van der Waals surface area contributed by atoms with Crippen LogP contribution in [0.25, 0.3) is 6.08 Å². The highest BCUT2D eigenvalue weighted by atomic mass is 35.5. The lowest BCUT2D eigenvalue weighted by Crippen LogP contribution is -2.12. The average molecular weight is 258 g/mol. The summed E-state index contributed by atoms with van der Waals surface area (Å²) in [6.45, 7) is 4.00. The zero-order valence-corrected chi connectivity index (χ0v) is 11.1. The number of nitrogens with one attached hydrogen (secondary N) is 1. The van der Waals surface area contributed by atoms with E-state index in [1.165, 1.54) is 0 Å². The van der Waals surface area contributed by atoms with Gasteiger partial charge in [0, 0.05) is 0 Å². The van der Waals surface area contributed by atoms with Crippen LogP contribution in [0.4, 0.5) is 0 Å². The second-order valence-electron chi connectivity index (χ2n) is 2.64. The van der Waals surface area contributed by atoms with Crippen LogP contribution in [-0.2, 0) is 4.79 Å². The molecule has 0 atom stereocenters. The molecule has 0 amide bonds. The Balaban J connectivity index is 0.00000106. The van der Waals surface area contributed by atoms with Gasteiger partial charge in [-0.05, 0) is 11.6 Å². The molecule has 0 aromatic heterocycles. The number of hydrogen-bond donors (Lipinski definition) is 2. The number of alkyl halides is 1. The maximum Gasteiger partial charge on any atom is 0.194 e. The van der Waals surface area contributed by atoms with E-state index in [1.807, 2.05) is 44.2 Å². The molecular weight excluding hydrogens is 242 g/mol. The van der Waals surface area contributed by atoms with E-state index in [4.69, 9.17) is 11.6 Å². The topological polar surface area (TPSA) is 29.1 Å². The molecule has 4 heteroatoms. The minimum absolute atomic E-state index is 0.0494. The maximum atomic E-state index is 11.2. The Hall–Kier alpha value is -0.930. The zero-order chi connectivity index (χ0) is 12.4. The van der Waals surface area contributed by atoms with Crippen LogP contribution in [0.2, 0.25) is 0 Å². The van der Waals surface area contributed by atoms with Gasteiger partial charge in [0.2, 0.25) is 0 Å². The van der Waals surface area contributed by atoms with Crippen molar-refractivity contribution in [2.24, 2.45) is 0 Å². The molecule has 88 valence electrons. The molecule has 1 rings (SSSR count). The van der Waals surface area contributed by atoms with Gasteiger partial charge in [-0.3, -0.25) is 4.79 Å². The van der Waals surface area contributed by atoms with Crippen LogP contribution >= 0.6 is 24.4 Å². The highest BCUT2D eigenvalue weighted by Gasteiger charge is 2.05. The van der Waals surface area contributed by atoms with Gasteiger partial charge in [0.25, 0.3) is 0 Å². The minimum atomic E-state index is -0.175. The molecule has 2 nitrogen and oxygen atoms in total. The van der Waals surface area contributed by atoms with Gasteiger partial charge >= 0.3 is 0 Å². The number of Topliss-reactive ketones (excluding diaryl/α,β-unsaturated/α-hetero) is 1. The van der Waals surface area contributed by atoms with E-state index in [2.05, 4.69) is 17.5 Å². The summed E-state index contributed by atoms with van der Waals surface area (Å²) in [7, 11) is 0. The first-order chi connectivity index (χ1) is 7.77. The third-order valence-corrected chi connectivity index (χ3v) is 2.14. The van der Waals surface area contributed by atoms with Crippen LogP contribution in [0.15, 0.2) is 36.0 Å². The SMILES string of the molecule is CC.O=C(CCl)/C(=C\c1ccccc1)NS. The maximum absolute atomic E-state index is 11.2. The smallest absolute Gasteiger partial charge is 0.194 e. The molecule has 0 heterocycles. The summed E-state index contributed by atoms with van der Waals surface area (Å²) in [5.74, 6) is -0.225. The van der Waals surface area contributed by atoms with Crippen LogP contribution in [0, 0.1) is 0 Å². The second-order valence-corrected chi connectivity index (χ2v) is 3.13. The van der Waals surface area contributed by atoms with Crippen molar-refractivity contribution in [1.29, 1.82) is 0 Å². The Kier molecular flexibility index (Phi) is 8.77. The van der Waals surface area contributed by atoms with Crippen molar-refractivity contribution < 1.29 is 4.79 Å². The summed E-state index contributed by atoms with van der Waals surface area (Å²) in [6, 6.07) is 9.49. The van der Waals surface area contributed by atoms with Crippen molar-refractivity contribution in [2.45, 2.75) is 13.8 Å². The molecule has 0 aliphatic heterocycles. The van der Waals surface area contributed by atoms with Crippen molar-refractivity contribution in [3.8, 4) is 0 Å². The van der Waals surface area contributed by atoms with Crippen molar-refractivity contribution in [3.05, 3.63) is 41.6 Å². The Morgan fingerprint density at radius 1 is 1.38 bits per heavy atom. The molecular formula is C12H16ClNOS. The molecule has 1 aromatic rings. The number of benzene rings is 1. The molecule has 0 aliphatic rings. The van der Waals surface area contributed by atoms with Crippen LogP contribution in [0.1, 0.15) is 19.4 Å². The standard InChI is InChI=1S/C10H10ClNOS.C2H6/c11-7-10(13)9(12-14)6-8-4-2-1-3-5-8;1-2/h1-6,12,14H,7H2;1-2H3/b9-6+;. The molecule has 16 heavy (non-hydrogen) atoms. The van der Waals surface area contributed by atoms with Gasteiger partial charge in [-0.2, -0.15) is 0 Å². The number of allylic oxidation sites excluding steroid dienone is 1. The van der Waals surface area contributed by atoms with E-state index in [1.54, 1.807) is 6.08 Å². The van der Waals surface area contributed by atoms with E-state index in [9.17, 15) is 4.79 Å². The number of halogens is 1. The normalized spacial score (nSPS) is 10.1. The second kappa shape index (κ2) is 9.31. The van der Waals surface area contributed by atoms with Crippen LogP contribution < -0.4 is 4.72 Å². The Labute approximate surface area is 107 Å². The summed E-state index contributed by atoms with van der Waals surface area (Å²) < 4.78 is 2.52. The van der Waals surface area contributed by atoms with Crippen LogP contribution in [0.5, 0.6) is 0 Å². The number of carbonyl (C=O) groups is 1. The quantitative estimate of drug-likeness (QED) is 0.492. The van der Waals surface area contributed by atoms with Gasteiger partial charge in [0.05, 0.1) is 11.6 Å². The molecule has 1 N–H and O–H groups in total. The van der Waals surface area contributed by atoms with Gasteiger partial charge in [-0.25, -0.2) is 0 Å². The van der Waals surface area contributed by atoms with E-state index >= 15 is 0 Å². The van der Waals surface area contributed by atoms with E-state index in [-0.39, 0.29) is 11.7 Å². The van der Waals surface area contributed by atoms with Crippen LogP contribution in [-0.4, -0.2) is 11.7 Å². The highest BCUT2D eigenvalue weighted by Crippen LogP contribution is 2.06. The number of thiol groups is 1. The molecule has 0 aliphatic carbocycles. The third-order valence-electron chi connectivity index (χ3n) is 1.65. The lowest BCUT2D eigenvalue weighted by atomic mass is 10.2. The monoisotopic (exact) mass is 257 g/mol. The number of carbonyl (C=O) groups excluding carboxylic acids is 1. The lowest BCUT2D eigenvalue weighted by molar-refractivity contribution is -0.113. The lowest BCUT2D eigenvalue weighted by Gasteiger charge is -2.02. The van der Waals surface area contributed by atoms with Crippen molar-refractivity contribution >= 4 is 36.3 Å². The van der Waals surface area contributed by atoms with Gasteiger partial charge in [0.1, 0.15) is 0 Å². The average Bonchev–Trinajstić information content (AvgIpc) is 2.38. The largest absolute Gasteiger partial charge is 0.329 e. The highest BCUT2D eigenvalue weighted by molar-refractivity contribution is 7.78. The van der Waals surface area contributed by atoms with Crippen LogP contribution in [0.3, 0.4) is 0 Å². The van der Waals surface area contributed by atoms with E-state index in [0.29, 0.717) is 5.70 Å². The third kappa shape index (κ3) is 5.24. The van der Waals surface area contributed by atoms with Crippen molar-refractivity contribution in [2.75, 3.05) is 5.88 Å². The fourth-order valence-electron chi connectivity index (χ4n) is 0.963. The Bertz CT molecular complexity index is 338. The van der Waals surface area contributed by atoms with Gasteiger partial charge < -0.3 is 4.72 Å². The molecule has 0 spiro atoms. The fraction of sp³-hybridized carbons (Fsp3) is 0.250. The molecule has 0 fully saturated rings. The first kappa shape index (κ1) is 15.1. The number of hydrogen-bond acceptors (Lipinski definition) is 3. The van der Waals surface area contributed by atoms with Gasteiger partial charge in [-0.1, -0.05) is 57.0 Å². The fourth-order valence-corrected chi connectivity index (χ4v) is 1.30. The number of rotatable bonds is 4. The predicted molar refractivity (Wildman–Crippen MR) is 73.6 cm³/mol. The molecule has 0 radical (unpaired) electrons. The molecule has 0 bridgehead atoms. The van der Waals surface area contributed by atoms with E-state index < -0.39 is 0 Å². The zero-order valence-electron chi connectivity index (χ0n) is 9.40. The van der Waals surface area contributed by atoms with Gasteiger partial charge in [-0.15, -0.1) is 11.6 Å². The predicted octanol–water partition coefficient (Wildman–Crippen LogP) is 3.30. The summed E-state index contributed by atoms with van der Waals surface area (Å²) in [6.07, 6.45) is 1.71. The van der Waals surface area contributed by atoms with E-state index in [0.717, 1.165) is 5.56 Å². The molecule has 0 saturated carbocycles. The molecule has 1 aromatic carbocycles. The summed E-state index contributed by atoms with van der Waals surface area (Å²) >= 11 is 9.27. The summed E-state index contributed by atoms with van der Waals surface area (Å²) in [5.41, 5.74) is 1.33. The first-order valence-corrected chi connectivity index (χ1v) is 6.02. The number of ketones is 1. The Morgan fingerprint density at radius 2 is 1.94 bits per heavy atom. The summed E-state index contributed by atoms with van der Waals surface area (Å²) in [4.78, 5) is 11.2. The Morgan fingerprint density at radius 3 is 2.38 bits per heavy atom. The van der Waals surface area contributed by atoms with Crippen molar-refractivity contribution in [1.82, 2.24) is 4.72 Å². The molecule has 0 unspecified atom stereocenters.